The Hall–Kier alpha value is -3.17. The van der Waals surface area contributed by atoms with Crippen LogP contribution < -0.4 is 15.8 Å². The topological polar surface area (TPSA) is 104 Å². The highest BCUT2D eigenvalue weighted by atomic mass is 16.5. The van der Waals surface area contributed by atoms with Crippen LogP contribution >= 0.6 is 0 Å². The highest BCUT2D eigenvalue weighted by Gasteiger charge is 2.31. The van der Waals surface area contributed by atoms with Gasteiger partial charge in [-0.15, -0.1) is 0 Å². The first kappa shape index (κ1) is 23.0. The van der Waals surface area contributed by atoms with E-state index < -0.39 is 11.5 Å². The van der Waals surface area contributed by atoms with Gasteiger partial charge in [0.05, 0.1) is 30.2 Å². The SMILES string of the molecule is Cn1cccc(C(=O)Nc2cc3c(cc2N2CCOCC2)C(=O)N(CCC(C)(C)O)C3)c1=O. The number of benzene rings is 1. The summed E-state index contributed by atoms with van der Waals surface area (Å²) in [6, 6.07) is 6.81. The number of carbonyl (C=O) groups excluding carboxylic acids is 2. The first-order valence-electron chi connectivity index (χ1n) is 11.1. The molecule has 2 aliphatic rings. The number of rotatable bonds is 6. The van der Waals surface area contributed by atoms with Gasteiger partial charge in [0.2, 0.25) is 0 Å². The average Bonchev–Trinajstić information content (AvgIpc) is 3.08. The van der Waals surface area contributed by atoms with Gasteiger partial charge in [-0.3, -0.25) is 14.4 Å². The number of fused-ring (bicyclic) bond motifs is 1. The van der Waals surface area contributed by atoms with Gasteiger partial charge in [0, 0.05) is 45.0 Å². The summed E-state index contributed by atoms with van der Waals surface area (Å²) in [6.45, 7) is 6.65. The molecular formula is C24H30N4O5. The number of aromatic nitrogens is 1. The van der Waals surface area contributed by atoms with E-state index in [0.29, 0.717) is 57.1 Å². The number of aryl methyl sites for hydroxylation is 1. The normalized spacial score (nSPS) is 16.2. The van der Waals surface area contributed by atoms with E-state index >= 15 is 0 Å². The molecule has 1 aromatic heterocycles. The minimum absolute atomic E-state index is 0.0521. The number of aliphatic hydroxyl groups is 1. The maximum atomic E-state index is 13.1. The molecule has 3 heterocycles. The van der Waals surface area contributed by atoms with E-state index in [4.69, 9.17) is 4.74 Å². The molecule has 2 N–H and O–H groups in total. The van der Waals surface area contributed by atoms with Crippen LogP contribution in [0, 0.1) is 0 Å². The summed E-state index contributed by atoms with van der Waals surface area (Å²) in [7, 11) is 1.60. The van der Waals surface area contributed by atoms with E-state index in [-0.39, 0.29) is 17.0 Å². The highest BCUT2D eigenvalue weighted by Crippen LogP contribution is 2.35. The molecule has 9 heteroatoms. The van der Waals surface area contributed by atoms with E-state index in [1.165, 1.54) is 10.6 Å². The van der Waals surface area contributed by atoms with Crippen molar-refractivity contribution in [1.82, 2.24) is 9.47 Å². The van der Waals surface area contributed by atoms with Crippen LogP contribution in [0.1, 0.15) is 46.5 Å². The van der Waals surface area contributed by atoms with Crippen LogP contribution in [0.25, 0.3) is 0 Å². The molecular weight excluding hydrogens is 424 g/mol. The number of hydrogen-bond acceptors (Lipinski definition) is 6. The third kappa shape index (κ3) is 4.94. The lowest BCUT2D eigenvalue weighted by atomic mass is 10.1. The number of carbonyl (C=O) groups is 2. The maximum Gasteiger partial charge on any atom is 0.263 e. The largest absolute Gasteiger partial charge is 0.390 e. The third-order valence-corrected chi connectivity index (χ3v) is 6.06. The molecule has 9 nitrogen and oxygen atoms in total. The third-order valence-electron chi connectivity index (χ3n) is 6.06. The monoisotopic (exact) mass is 454 g/mol. The van der Waals surface area contributed by atoms with Gasteiger partial charge < -0.3 is 29.5 Å². The van der Waals surface area contributed by atoms with Crippen molar-refractivity contribution >= 4 is 23.2 Å². The minimum Gasteiger partial charge on any atom is -0.390 e. The Bertz CT molecular complexity index is 1130. The molecule has 2 amide bonds. The summed E-state index contributed by atoms with van der Waals surface area (Å²) in [4.78, 5) is 42.3. The lowest BCUT2D eigenvalue weighted by Crippen LogP contribution is -2.37. The zero-order chi connectivity index (χ0) is 23.8. The fourth-order valence-electron chi connectivity index (χ4n) is 4.13. The number of hydrogen-bond donors (Lipinski definition) is 2. The molecule has 176 valence electrons. The van der Waals surface area contributed by atoms with E-state index in [1.807, 2.05) is 12.1 Å². The second-order valence-corrected chi connectivity index (χ2v) is 9.21. The summed E-state index contributed by atoms with van der Waals surface area (Å²) in [5.41, 5.74) is 1.51. The van der Waals surface area contributed by atoms with Gasteiger partial charge in [-0.1, -0.05) is 0 Å². The van der Waals surface area contributed by atoms with Gasteiger partial charge in [-0.2, -0.15) is 0 Å². The van der Waals surface area contributed by atoms with Crippen molar-refractivity contribution < 1.29 is 19.4 Å². The van der Waals surface area contributed by atoms with Crippen LogP contribution in [0.15, 0.2) is 35.3 Å². The van der Waals surface area contributed by atoms with Gasteiger partial charge in [-0.25, -0.2) is 0 Å². The quantitative estimate of drug-likeness (QED) is 0.687. The molecule has 0 radical (unpaired) electrons. The molecule has 1 saturated heterocycles. The van der Waals surface area contributed by atoms with Crippen molar-refractivity contribution in [3.05, 3.63) is 57.5 Å². The van der Waals surface area contributed by atoms with Crippen LogP contribution in [-0.2, 0) is 18.3 Å². The number of nitrogens with zero attached hydrogens (tertiary/aromatic N) is 3. The van der Waals surface area contributed by atoms with Gasteiger partial charge in [-0.05, 0) is 50.1 Å². The molecule has 2 aliphatic heterocycles. The molecule has 1 aromatic carbocycles. The van der Waals surface area contributed by atoms with Crippen molar-refractivity contribution in [2.24, 2.45) is 7.05 Å². The van der Waals surface area contributed by atoms with Crippen LogP contribution in [0.4, 0.5) is 11.4 Å². The number of pyridine rings is 1. The fourth-order valence-corrected chi connectivity index (χ4v) is 4.13. The number of nitrogens with one attached hydrogen (secondary N) is 1. The highest BCUT2D eigenvalue weighted by molar-refractivity contribution is 6.07. The molecule has 1 fully saturated rings. The molecule has 33 heavy (non-hydrogen) atoms. The molecule has 0 spiro atoms. The molecule has 0 atom stereocenters. The zero-order valence-electron chi connectivity index (χ0n) is 19.3. The first-order valence-corrected chi connectivity index (χ1v) is 11.1. The summed E-state index contributed by atoms with van der Waals surface area (Å²) in [6.07, 6.45) is 2.06. The van der Waals surface area contributed by atoms with Crippen LogP contribution in [0.2, 0.25) is 0 Å². The Balaban J connectivity index is 1.67. The first-order chi connectivity index (χ1) is 15.6. The molecule has 4 rings (SSSR count). The summed E-state index contributed by atoms with van der Waals surface area (Å²) < 4.78 is 6.82. The van der Waals surface area contributed by atoms with Crippen molar-refractivity contribution in [3.63, 3.8) is 0 Å². The summed E-state index contributed by atoms with van der Waals surface area (Å²) in [5, 5.41) is 13.0. The lowest BCUT2D eigenvalue weighted by molar-refractivity contribution is 0.0517. The van der Waals surface area contributed by atoms with Crippen LogP contribution in [0.5, 0.6) is 0 Å². The predicted molar refractivity (Wildman–Crippen MR) is 125 cm³/mol. The fraction of sp³-hybridized carbons (Fsp3) is 0.458. The van der Waals surface area contributed by atoms with E-state index in [9.17, 15) is 19.5 Å². The van der Waals surface area contributed by atoms with Gasteiger partial charge in [0.25, 0.3) is 17.4 Å². The Labute approximate surface area is 192 Å². The Morgan fingerprint density at radius 1 is 1.21 bits per heavy atom. The van der Waals surface area contributed by atoms with Crippen molar-refractivity contribution in [2.75, 3.05) is 43.1 Å². The Morgan fingerprint density at radius 3 is 2.64 bits per heavy atom. The summed E-state index contributed by atoms with van der Waals surface area (Å²) >= 11 is 0. The predicted octanol–water partition coefficient (Wildman–Crippen LogP) is 1.59. The molecule has 0 bridgehead atoms. The number of anilines is 2. The van der Waals surface area contributed by atoms with Crippen molar-refractivity contribution in [1.29, 1.82) is 0 Å². The second-order valence-electron chi connectivity index (χ2n) is 9.21. The van der Waals surface area contributed by atoms with Gasteiger partial charge >= 0.3 is 0 Å². The standard InChI is InChI=1S/C24H30N4O5/c1-24(2,32)6-8-28-15-16-13-19(25-21(29)17-5-4-7-26(3)22(17)30)20(14-18(16)23(28)31)27-9-11-33-12-10-27/h4-5,7,13-14,32H,6,8-12,15H2,1-3H3,(H,25,29). The van der Waals surface area contributed by atoms with Crippen molar-refractivity contribution in [2.45, 2.75) is 32.4 Å². The molecule has 0 saturated carbocycles. The van der Waals surface area contributed by atoms with E-state index in [0.717, 1.165) is 11.3 Å². The van der Waals surface area contributed by atoms with Gasteiger partial charge in [0.15, 0.2) is 0 Å². The number of morpholine rings is 1. The van der Waals surface area contributed by atoms with E-state index in [2.05, 4.69) is 10.2 Å². The second kappa shape index (κ2) is 8.99. The summed E-state index contributed by atoms with van der Waals surface area (Å²) in [5.74, 6) is -0.576. The van der Waals surface area contributed by atoms with Gasteiger partial charge in [0.1, 0.15) is 5.56 Å². The number of ether oxygens (including phenoxy) is 1. The zero-order valence-corrected chi connectivity index (χ0v) is 19.3. The Morgan fingerprint density at radius 2 is 1.94 bits per heavy atom. The van der Waals surface area contributed by atoms with Crippen LogP contribution in [-0.4, -0.2) is 64.8 Å². The smallest absolute Gasteiger partial charge is 0.263 e. The Kier molecular flexibility index (Phi) is 6.27. The van der Waals surface area contributed by atoms with Crippen molar-refractivity contribution in [3.8, 4) is 0 Å². The number of amides is 2. The molecule has 0 aliphatic carbocycles. The maximum absolute atomic E-state index is 13.1. The molecule has 0 unspecified atom stereocenters. The van der Waals surface area contributed by atoms with E-state index in [1.54, 1.807) is 38.1 Å². The van der Waals surface area contributed by atoms with Crippen LogP contribution in [0.3, 0.4) is 0 Å². The average molecular weight is 455 g/mol. The lowest BCUT2D eigenvalue weighted by Gasteiger charge is -2.31. The minimum atomic E-state index is -0.866. The molecule has 2 aromatic rings.